The van der Waals surface area contributed by atoms with Crippen LogP contribution in [0.25, 0.3) is 0 Å². The van der Waals surface area contributed by atoms with Gasteiger partial charge in [0.25, 0.3) is 0 Å². The van der Waals surface area contributed by atoms with Crippen LogP contribution >= 0.6 is 0 Å². The second kappa shape index (κ2) is 5.52. The Kier molecular flexibility index (Phi) is 5.46. The fourth-order valence-corrected chi connectivity index (χ4v) is 0.604. The summed E-state index contributed by atoms with van der Waals surface area (Å²) in [4.78, 5) is 0. The normalized spacial score (nSPS) is 18.5. The van der Waals surface area contributed by atoms with Crippen molar-refractivity contribution in [1.82, 2.24) is 10.6 Å². The molecular formula is C8H20N2O. The highest BCUT2D eigenvalue weighted by Crippen LogP contribution is 1.93. The molecule has 0 aromatic rings. The summed E-state index contributed by atoms with van der Waals surface area (Å²) < 4.78 is 0. The Bertz CT molecular complexity index is 67.1. The maximum atomic E-state index is 8.52. The van der Waals surface area contributed by atoms with Gasteiger partial charge < -0.3 is 15.7 Å². The van der Waals surface area contributed by atoms with Gasteiger partial charge in [0.2, 0.25) is 0 Å². The lowest BCUT2D eigenvalue weighted by atomic mass is 10.2. The zero-order valence-corrected chi connectivity index (χ0v) is 7.78. The molecule has 0 aromatic heterocycles. The molecule has 1 rings (SSSR count). The number of piperazine rings is 1. The summed E-state index contributed by atoms with van der Waals surface area (Å²) in [5.74, 6) is 0. The van der Waals surface area contributed by atoms with Crippen molar-refractivity contribution in [3.05, 3.63) is 0 Å². The minimum Gasteiger partial charge on any atom is -0.391 e. The lowest BCUT2D eigenvalue weighted by Gasteiger charge is -2.11. The van der Waals surface area contributed by atoms with Crippen LogP contribution in [0.5, 0.6) is 0 Å². The number of hydrogen-bond acceptors (Lipinski definition) is 3. The first-order chi connectivity index (χ1) is 5.00. The van der Waals surface area contributed by atoms with E-state index in [1.54, 1.807) is 20.8 Å². The summed E-state index contributed by atoms with van der Waals surface area (Å²) in [6.07, 6.45) is 0. The van der Waals surface area contributed by atoms with Crippen LogP contribution in [-0.4, -0.2) is 36.9 Å². The van der Waals surface area contributed by atoms with Crippen LogP contribution in [0, 0.1) is 0 Å². The van der Waals surface area contributed by atoms with Gasteiger partial charge in [0.15, 0.2) is 0 Å². The van der Waals surface area contributed by atoms with Gasteiger partial charge in [0.1, 0.15) is 0 Å². The van der Waals surface area contributed by atoms with Crippen molar-refractivity contribution in [2.45, 2.75) is 26.4 Å². The summed E-state index contributed by atoms with van der Waals surface area (Å²) in [5, 5.41) is 15.0. The zero-order valence-electron chi connectivity index (χ0n) is 7.78. The van der Waals surface area contributed by atoms with Gasteiger partial charge in [-0.3, -0.25) is 0 Å². The maximum Gasteiger partial charge on any atom is 0.0563 e. The van der Waals surface area contributed by atoms with Crippen LogP contribution in [0.4, 0.5) is 0 Å². The molecule has 0 bridgehead atoms. The SMILES string of the molecule is C1CNCCN1.CC(C)(C)O. The zero-order chi connectivity index (χ0) is 8.74. The molecule has 3 N–H and O–H groups in total. The van der Waals surface area contributed by atoms with Gasteiger partial charge in [-0.05, 0) is 20.8 Å². The van der Waals surface area contributed by atoms with E-state index in [1.807, 2.05) is 0 Å². The van der Waals surface area contributed by atoms with Gasteiger partial charge in [0, 0.05) is 26.2 Å². The lowest BCUT2D eigenvalue weighted by molar-refractivity contribution is 0.102. The molecule has 0 atom stereocenters. The van der Waals surface area contributed by atoms with E-state index in [-0.39, 0.29) is 0 Å². The van der Waals surface area contributed by atoms with E-state index in [0.717, 1.165) is 26.2 Å². The molecule has 1 aliphatic rings. The Morgan fingerprint density at radius 2 is 1.09 bits per heavy atom. The molecule has 1 heterocycles. The van der Waals surface area contributed by atoms with Crippen molar-refractivity contribution in [1.29, 1.82) is 0 Å². The highest BCUT2D eigenvalue weighted by Gasteiger charge is 1.97. The van der Waals surface area contributed by atoms with Crippen molar-refractivity contribution in [2.75, 3.05) is 26.2 Å². The number of hydrogen-bond donors (Lipinski definition) is 3. The fraction of sp³-hybridized carbons (Fsp3) is 1.00. The topological polar surface area (TPSA) is 44.3 Å². The second-order valence-electron chi connectivity index (χ2n) is 3.67. The molecule has 0 unspecified atom stereocenters. The smallest absolute Gasteiger partial charge is 0.0563 e. The van der Waals surface area contributed by atoms with E-state index in [2.05, 4.69) is 10.6 Å². The summed E-state index contributed by atoms with van der Waals surface area (Å²) in [7, 11) is 0. The van der Waals surface area contributed by atoms with Gasteiger partial charge >= 0.3 is 0 Å². The average molecular weight is 160 g/mol. The highest BCUT2D eigenvalue weighted by atomic mass is 16.3. The Balaban J connectivity index is 0.000000187. The van der Waals surface area contributed by atoms with Crippen molar-refractivity contribution >= 4 is 0 Å². The quantitative estimate of drug-likeness (QED) is 0.466. The predicted octanol–water partition coefficient (Wildman–Crippen LogP) is -0.0436. The third-order valence-electron chi connectivity index (χ3n) is 0.957. The van der Waals surface area contributed by atoms with Crippen LogP contribution in [0.15, 0.2) is 0 Å². The number of aliphatic hydroxyl groups is 1. The molecule has 3 nitrogen and oxygen atoms in total. The molecule has 1 aliphatic heterocycles. The second-order valence-corrected chi connectivity index (χ2v) is 3.67. The van der Waals surface area contributed by atoms with Gasteiger partial charge in [-0.2, -0.15) is 0 Å². The van der Waals surface area contributed by atoms with Crippen LogP contribution in [-0.2, 0) is 0 Å². The van der Waals surface area contributed by atoms with Crippen molar-refractivity contribution in [2.24, 2.45) is 0 Å². The summed E-state index contributed by atoms with van der Waals surface area (Å²) in [6, 6.07) is 0. The van der Waals surface area contributed by atoms with Crippen molar-refractivity contribution < 1.29 is 5.11 Å². The Labute approximate surface area is 69.2 Å². The summed E-state index contributed by atoms with van der Waals surface area (Å²) in [5.41, 5.74) is -0.500. The Hall–Kier alpha value is -0.120. The first kappa shape index (κ1) is 10.9. The van der Waals surface area contributed by atoms with Crippen molar-refractivity contribution in [3.63, 3.8) is 0 Å². The average Bonchev–Trinajstić information content (AvgIpc) is 1.88. The first-order valence-electron chi connectivity index (χ1n) is 4.14. The molecule has 0 radical (unpaired) electrons. The Morgan fingerprint density at radius 1 is 0.909 bits per heavy atom. The maximum absolute atomic E-state index is 8.52. The molecule has 68 valence electrons. The minimum absolute atomic E-state index is 0.500. The van der Waals surface area contributed by atoms with Gasteiger partial charge in [-0.15, -0.1) is 0 Å². The first-order valence-corrected chi connectivity index (χ1v) is 4.14. The third-order valence-corrected chi connectivity index (χ3v) is 0.957. The van der Waals surface area contributed by atoms with Crippen LogP contribution < -0.4 is 10.6 Å². The van der Waals surface area contributed by atoms with E-state index in [1.165, 1.54) is 0 Å². The molecule has 0 aliphatic carbocycles. The molecule has 11 heavy (non-hydrogen) atoms. The molecule has 0 saturated carbocycles. The minimum atomic E-state index is -0.500. The molecule has 1 saturated heterocycles. The monoisotopic (exact) mass is 160 g/mol. The van der Waals surface area contributed by atoms with Gasteiger partial charge in [0.05, 0.1) is 5.60 Å². The molecule has 0 spiro atoms. The van der Waals surface area contributed by atoms with E-state index in [4.69, 9.17) is 5.11 Å². The van der Waals surface area contributed by atoms with E-state index >= 15 is 0 Å². The Morgan fingerprint density at radius 3 is 1.18 bits per heavy atom. The van der Waals surface area contributed by atoms with E-state index in [0.29, 0.717) is 0 Å². The lowest BCUT2D eigenvalue weighted by Crippen LogP contribution is -2.39. The predicted molar refractivity (Wildman–Crippen MR) is 47.7 cm³/mol. The highest BCUT2D eigenvalue weighted by molar-refractivity contribution is 4.59. The summed E-state index contributed by atoms with van der Waals surface area (Å²) in [6.45, 7) is 9.78. The van der Waals surface area contributed by atoms with Crippen LogP contribution in [0.2, 0.25) is 0 Å². The summed E-state index contributed by atoms with van der Waals surface area (Å²) >= 11 is 0. The fourth-order valence-electron chi connectivity index (χ4n) is 0.604. The van der Waals surface area contributed by atoms with Gasteiger partial charge in [-0.25, -0.2) is 0 Å². The number of nitrogens with one attached hydrogen (secondary N) is 2. The third kappa shape index (κ3) is 17.7. The largest absolute Gasteiger partial charge is 0.391 e. The van der Waals surface area contributed by atoms with Crippen LogP contribution in [0.3, 0.4) is 0 Å². The van der Waals surface area contributed by atoms with Crippen LogP contribution in [0.1, 0.15) is 20.8 Å². The standard InChI is InChI=1S/C4H10N2.C4H10O/c1-2-6-4-3-5-1;1-4(2,3)5/h5-6H,1-4H2;5H,1-3H3. The molecule has 0 amide bonds. The molecule has 3 heteroatoms. The number of rotatable bonds is 0. The van der Waals surface area contributed by atoms with Crippen molar-refractivity contribution in [3.8, 4) is 0 Å². The van der Waals surface area contributed by atoms with E-state index < -0.39 is 5.60 Å². The molecular weight excluding hydrogens is 140 g/mol. The molecule has 0 aromatic carbocycles. The van der Waals surface area contributed by atoms with Gasteiger partial charge in [-0.1, -0.05) is 0 Å². The molecule has 1 fully saturated rings. The van der Waals surface area contributed by atoms with E-state index in [9.17, 15) is 0 Å².